The summed E-state index contributed by atoms with van der Waals surface area (Å²) in [7, 11) is 0. The van der Waals surface area contributed by atoms with Crippen molar-refractivity contribution in [2.45, 2.75) is 13.5 Å². The Morgan fingerprint density at radius 3 is 2.25 bits per heavy atom. The largest absolute Gasteiger partial charge is 0.326 e. The zero-order valence-corrected chi connectivity index (χ0v) is 11.2. The summed E-state index contributed by atoms with van der Waals surface area (Å²) in [5, 5.41) is 2.77. The lowest BCUT2D eigenvalue weighted by atomic mass is 10.1. The van der Waals surface area contributed by atoms with Crippen LogP contribution < -0.4 is 11.1 Å². The first-order chi connectivity index (χ1) is 9.63. The smallest absolute Gasteiger partial charge is 0.256 e. The van der Waals surface area contributed by atoms with E-state index in [1.165, 1.54) is 6.92 Å². The van der Waals surface area contributed by atoms with Gasteiger partial charge in [-0.1, -0.05) is 30.3 Å². The second-order valence-electron chi connectivity index (χ2n) is 4.42. The first kappa shape index (κ1) is 14.0. The number of anilines is 1. The van der Waals surface area contributed by atoms with Gasteiger partial charge in [0.2, 0.25) is 0 Å². The molecule has 0 aromatic heterocycles. The van der Waals surface area contributed by atoms with Crippen LogP contribution in [0.1, 0.15) is 33.2 Å². The van der Waals surface area contributed by atoms with E-state index in [1.54, 1.807) is 36.4 Å². The van der Waals surface area contributed by atoms with Crippen molar-refractivity contribution in [3.8, 4) is 0 Å². The van der Waals surface area contributed by atoms with E-state index >= 15 is 0 Å². The molecule has 0 fully saturated rings. The van der Waals surface area contributed by atoms with Crippen molar-refractivity contribution >= 4 is 17.4 Å². The molecule has 0 spiro atoms. The van der Waals surface area contributed by atoms with Gasteiger partial charge in [0.05, 0.1) is 5.69 Å². The first-order valence-electron chi connectivity index (χ1n) is 6.32. The molecule has 0 heterocycles. The van der Waals surface area contributed by atoms with Gasteiger partial charge in [-0.05, 0) is 30.7 Å². The van der Waals surface area contributed by atoms with E-state index in [-0.39, 0.29) is 18.2 Å². The molecule has 0 atom stereocenters. The van der Waals surface area contributed by atoms with Crippen LogP contribution in [0.4, 0.5) is 5.69 Å². The first-order valence-corrected chi connectivity index (χ1v) is 6.32. The van der Waals surface area contributed by atoms with Gasteiger partial charge in [-0.25, -0.2) is 0 Å². The van der Waals surface area contributed by atoms with E-state index in [1.807, 2.05) is 12.1 Å². The number of Topliss-reactive ketones (excluding diaryl/α,β-unsaturated/α-hetero) is 1. The highest BCUT2D eigenvalue weighted by Crippen LogP contribution is 2.18. The van der Waals surface area contributed by atoms with Crippen LogP contribution in [0.15, 0.2) is 48.5 Å². The van der Waals surface area contributed by atoms with Crippen LogP contribution >= 0.6 is 0 Å². The molecule has 3 N–H and O–H groups in total. The highest BCUT2D eigenvalue weighted by Gasteiger charge is 2.13. The Morgan fingerprint density at radius 2 is 1.60 bits per heavy atom. The van der Waals surface area contributed by atoms with Crippen LogP contribution in [0.3, 0.4) is 0 Å². The number of rotatable bonds is 4. The van der Waals surface area contributed by atoms with E-state index in [9.17, 15) is 9.59 Å². The van der Waals surface area contributed by atoms with Crippen LogP contribution in [-0.2, 0) is 6.54 Å². The van der Waals surface area contributed by atoms with Gasteiger partial charge in [-0.2, -0.15) is 0 Å². The van der Waals surface area contributed by atoms with Gasteiger partial charge in [-0.15, -0.1) is 0 Å². The van der Waals surface area contributed by atoms with Gasteiger partial charge in [-0.3, -0.25) is 9.59 Å². The molecule has 2 rings (SSSR count). The third-order valence-corrected chi connectivity index (χ3v) is 3.04. The number of amides is 1. The lowest BCUT2D eigenvalue weighted by Crippen LogP contribution is -2.17. The van der Waals surface area contributed by atoms with E-state index < -0.39 is 0 Å². The molecule has 102 valence electrons. The number of carbonyl (C=O) groups is 2. The van der Waals surface area contributed by atoms with Crippen molar-refractivity contribution in [1.29, 1.82) is 0 Å². The monoisotopic (exact) mass is 268 g/mol. The maximum atomic E-state index is 12.3. The summed E-state index contributed by atoms with van der Waals surface area (Å²) in [5.41, 5.74) is 7.92. The lowest BCUT2D eigenvalue weighted by molar-refractivity contribution is 0.101. The Hall–Kier alpha value is -2.46. The Labute approximate surface area is 117 Å². The maximum absolute atomic E-state index is 12.3. The molecular formula is C16H16N2O2. The van der Waals surface area contributed by atoms with Gasteiger partial charge < -0.3 is 11.1 Å². The van der Waals surface area contributed by atoms with Crippen LogP contribution in [-0.4, -0.2) is 11.7 Å². The molecule has 0 bridgehead atoms. The summed E-state index contributed by atoms with van der Waals surface area (Å²) in [5.74, 6) is -0.354. The van der Waals surface area contributed by atoms with Gasteiger partial charge in [0.1, 0.15) is 0 Å². The summed E-state index contributed by atoms with van der Waals surface area (Å²) in [6.07, 6.45) is 0. The number of nitrogens with one attached hydrogen (secondary N) is 1. The summed E-state index contributed by atoms with van der Waals surface area (Å²) >= 11 is 0. The Balaban J connectivity index is 2.31. The van der Waals surface area contributed by atoms with Crippen LogP contribution in [0.5, 0.6) is 0 Å². The van der Waals surface area contributed by atoms with Gasteiger partial charge in [0.25, 0.3) is 5.91 Å². The topological polar surface area (TPSA) is 72.2 Å². The lowest BCUT2D eigenvalue weighted by Gasteiger charge is -2.11. The number of hydrogen-bond donors (Lipinski definition) is 2. The van der Waals surface area contributed by atoms with Crippen molar-refractivity contribution in [2.24, 2.45) is 5.73 Å². The maximum Gasteiger partial charge on any atom is 0.256 e. The number of hydrogen-bond acceptors (Lipinski definition) is 3. The quantitative estimate of drug-likeness (QED) is 0.837. The molecule has 1 amide bonds. The third-order valence-electron chi connectivity index (χ3n) is 3.04. The molecule has 0 radical (unpaired) electrons. The standard InChI is InChI=1S/C16H16N2O2/c1-11(19)13-7-4-5-9-15(13)18-16(20)14-8-3-2-6-12(14)10-17/h2-9H,10,17H2,1H3,(H,18,20). The molecule has 0 unspecified atom stereocenters. The second-order valence-corrected chi connectivity index (χ2v) is 4.42. The Bertz CT molecular complexity index is 650. The average Bonchev–Trinajstić information content (AvgIpc) is 2.47. The number of nitrogens with two attached hydrogens (primary N) is 1. The molecule has 0 saturated carbocycles. The van der Waals surface area contributed by atoms with E-state index in [2.05, 4.69) is 5.32 Å². The number of ketones is 1. The number of para-hydroxylation sites is 1. The molecule has 0 saturated heterocycles. The SMILES string of the molecule is CC(=O)c1ccccc1NC(=O)c1ccccc1CN. The molecule has 20 heavy (non-hydrogen) atoms. The minimum absolute atomic E-state index is 0.0898. The Morgan fingerprint density at radius 1 is 1.00 bits per heavy atom. The average molecular weight is 268 g/mol. The van der Waals surface area contributed by atoms with Gasteiger partial charge in [0, 0.05) is 17.7 Å². The molecule has 2 aromatic carbocycles. The zero-order chi connectivity index (χ0) is 14.5. The number of benzene rings is 2. The summed E-state index contributed by atoms with van der Waals surface area (Å²) in [6.45, 7) is 1.76. The Kier molecular flexibility index (Phi) is 4.27. The summed E-state index contributed by atoms with van der Waals surface area (Å²) in [6, 6.07) is 14.1. The normalized spacial score (nSPS) is 10.1. The van der Waals surface area contributed by atoms with Crippen molar-refractivity contribution in [2.75, 3.05) is 5.32 Å². The van der Waals surface area contributed by atoms with Crippen molar-refractivity contribution in [1.82, 2.24) is 0 Å². The fraction of sp³-hybridized carbons (Fsp3) is 0.125. The minimum atomic E-state index is -0.264. The fourth-order valence-corrected chi connectivity index (χ4v) is 2.01. The molecular weight excluding hydrogens is 252 g/mol. The van der Waals surface area contributed by atoms with Gasteiger partial charge in [0.15, 0.2) is 5.78 Å². The number of carbonyl (C=O) groups excluding carboxylic acids is 2. The molecule has 0 aliphatic heterocycles. The van der Waals surface area contributed by atoms with E-state index in [4.69, 9.17) is 5.73 Å². The van der Waals surface area contributed by atoms with Crippen LogP contribution in [0.2, 0.25) is 0 Å². The molecule has 2 aromatic rings. The van der Waals surface area contributed by atoms with E-state index in [0.717, 1.165) is 5.56 Å². The van der Waals surface area contributed by atoms with Crippen molar-refractivity contribution in [3.63, 3.8) is 0 Å². The van der Waals surface area contributed by atoms with Crippen molar-refractivity contribution in [3.05, 3.63) is 65.2 Å². The molecule has 4 nitrogen and oxygen atoms in total. The van der Waals surface area contributed by atoms with Crippen molar-refractivity contribution < 1.29 is 9.59 Å². The summed E-state index contributed by atoms with van der Waals surface area (Å²) < 4.78 is 0. The zero-order valence-electron chi connectivity index (χ0n) is 11.2. The summed E-state index contributed by atoms with van der Waals surface area (Å²) in [4.78, 5) is 23.8. The molecule has 4 heteroatoms. The minimum Gasteiger partial charge on any atom is -0.326 e. The second kappa shape index (κ2) is 6.12. The third kappa shape index (κ3) is 2.92. The molecule has 0 aliphatic rings. The van der Waals surface area contributed by atoms with Crippen LogP contribution in [0, 0.1) is 0 Å². The predicted octanol–water partition coefficient (Wildman–Crippen LogP) is 2.60. The fourth-order valence-electron chi connectivity index (χ4n) is 2.01. The van der Waals surface area contributed by atoms with E-state index in [0.29, 0.717) is 16.8 Å². The predicted molar refractivity (Wildman–Crippen MR) is 78.7 cm³/mol. The molecule has 0 aliphatic carbocycles. The highest BCUT2D eigenvalue weighted by molar-refractivity contribution is 6.09. The highest BCUT2D eigenvalue weighted by atomic mass is 16.1. The van der Waals surface area contributed by atoms with Gasteiger partial charge >= 0.3 is 0 Å². The van der Waals surface area contributed by atoms with Crippen LogP contribution in [0.25, 0.3) is 0 Å².